The molecule has 2 fully saturated rings. The van der Waals surface area contributed by atoms with E-state index >= 15 is 0 Å². The van der Waals surface area contributed by atoms with Crippen molar-refractivity contribution in [2.24, 2.45) is 13.0 Å². The number of aryl methyl sites for hydroxylation is 1. The Bertz CT molecular complexity index is 741. The van der Waals surface area contributed by atoms with Crippen molar-refractivity contribution in [2.75, 3.05) is 19.8 Å². The molecule has 2 aliphatic rings. The summed E-state index contributed by atoms with van der Waals surface area (Å²) in [6.07, 6.45) is 5.17. The van der Waals surface area contributed by atoms with Crippen LogP contribution in [0.5, 0.6) is 0 Å². The number of aliphatic hydroxyl groups is 1. The highest BCUT2D eigenvalue weighted by molar-refractivity contribution is 5.62. The van der Waals surface area contributed by atoms with Crippen molar-refractivity contribution in [1.82, 2.24) is 14.7 Å². The van der Waals surface area contributed by atoms with Gasteiger partial charge in [0.2, 0.25) is 0 Å². The van der Waals surface area contributed by atoms with Gasteiger partial charge in [-0.2, -0.15) is 5.10 Å². The molecular formula is C21H29N3O2. The third-order valence-corrected chi connectivity index (χ3v) is 6.05. The highest BCUT2D eigenvalue weighted by Crippen LogP contribution is 2.37. The van der Waals surface area contributed by atoms with Crippen LogP contribution in [0, 0.1) is 5.92 Å². The number of benzene rings is 1. The topological polar surface area (TPSA) is 50.5 Å². The summed E-state index contributed by atoms with van der Waals surface area (Å²) in [7, 11) is 1.98. The molecule has 3 heterocycles. The van der Waals surface area contributed by atoms with Crippen molar-refractivity contribution in [3.8, 4) is 11.3 Å². The second-order valence-corrected chi connectivity index (χ2v) is 8.01. The molecule has 5 nitrogen and oxygen atoms in total. The molecule has 0 radical (unpaired) electrons. The van der Waals surface area contributed by atoms with Crippen LogP contribution in [0.2, 0.25) is 0 Å². The number of likely N-dealkylation sites (tertiary alicyclic amines) is 1. The predicted molar refractivity (Wildman–Crippen MR) is 102 cm³/mol. The molecule has 4 rings (SSSR count). The molecule has 0 unspecified atom stereocenters. The van der Waals surface area contributed by atoms with E-state index in [1.165, 1.54) is 12.0 Å². The van der Waals surface area contributed by atoms with E-state index in [9.17, 15) is 5.11 Å². The van der Waals surface area contributed by atoms with Gasteiger partial charge in [0, 0.05) is 49.5 Å². The van der Waals surface area contributed by atoms with Gasteiger partial charge in [-0.15, -0.1) is 0 Å². The Morgan fingerprint density at radius 1 is 1.31 bits per heavy atom. The molecule has 3 atom stereocenters. The van der Waals surface area contributed by atoms with Gasteiger partial charge in [0.25, 0.3) is 0 Å². The van der Waals surface area contributed by atoms with Crippen LogP contribution in [0.4, 0.5) is 0 Å². The number of hydrogen-bond donors (Lipinski definition) is 1. The predicted octanol–water partition coefficient (Wildman–Crippen LogP) is 2.84. The Morgan fingerprint density at radius 2 is 2.12 bits per heavy atom. The lowest BCUT2D eigenvalue weighted by molar-refractivity contribution is -0.123. The van der Waals surface area contributed by atoms with Crippen LogP contribution in [0.15, 0.2) is 36.5 Å². The smallest absolute Gasteiger partial charge is 0.0968 e. The van der Waals surface area contributed by atoms with Gasteiger partial charge in [-0.1, -0.05) is 30.3 Å². The van der Waals surface area contributed by atoms with Crippen molar-refractivity contribution in [3.63, 3.8) is 0 Å². The van der Waals surface area contributed by atoms with E-state index in [2.05, 4.69) is 35.4 Å². The average molecular weight is 355 g/mol. The molecule has 1 aromatic heterocycles. The van der Waals surface area contributed by atoms with Crippen LogP contribution in [0.3, 0.4) is 0 Å². The van der Waals surface area contributed by atoms with E-state index in [0.29, 0.717) is 19.3 Å². The van der Waals surface area contributed by atoms with Gasteiger partial charge >= 0.3 is 0 Å². The number of nitrogens with zero attached hydrogens (tertiary/aromatic N) is 3. The standard InChI is InChI=1S/C21H29N3O2/c1-21(25)10-12-26-15-18(21)19-9-6-11-24(19)14-17-13-23(2)22-20(17)16-7-4-3-5-8-16/h3-5,7-8,13,18-19,25H,6,9-12,14-15H2,1-2H3/t18-,19-,21-/m1/s1. The second kappa shape index (κ2) is 7.14. The van der Waals surface area contributed by atoms with Crippen molar-refractivity contribution >= 4 is 0 Å². The minimum Gasteiger partial charge on any atom is -0.390 e. The zero-order chi connectivity index (χ0) is 18.1. The molecule has 1 N–H and O–H groups in total. The van der Waals surface area contributed by atoms with Gasteiger partial charge in [0.1, 0.15) is 0 Å². The molecule has 0 aliphatic carbocycles. The molecular weight excluding hydrogens is 326 g/mol. The Labute approximate surface area is 155 Å². The largest absolute Gasteiger partial charge is 0.390 e. The van der Waals surface area contributed by atoms with Crippen LogP contribution >= 0.6 is 0 Å². The van der Waals surface area contributed by atoms with Crippen molar-refractivity contribution < 1.29 is 9.84 Å². The molecule has 0 amide bonds. The van der Waals surface area contributed by atoms with E-state index < -0.39 is 5.60 Å². The Kier molecular flexibility index (Phi) is 4.86. The Hall–Kier alpha value is -1.69. The quantitative estimate of drug-likeness (QED) is 0.916. The summed E-state index contributed by atoms with van der Waals surface area (Å²) >= 11 is 0. The molecule has 0 bridgehead atoms. The molecule has 2 aliphatic heterocycles. The summed E-state index contributed by atoms with van der Waals surface area (Å²) in [6.45, 7) is 5.25. The molecule has 5 heteroatoms. The number of hydrogen-bond acceptors (Lipinski definition) is 4. The SMILES string of the molecule is Cn1cc(CN2CCC[C@@H]2[C@H]2COCC[C@@]2(C)O)c(-c2ccccc2)n1. The summed E-state index contributed by atoms with van der Waals surface area (Å²) < 4.78 is 7.63. The summed E-state index contributed by atoms with van der Waals surface area (Å²) in [6, 6.07) is 10.8. The molecule has 0 saturated carbocycles. The van der Waals surface area contributed by atoms with Gasteiger partial charge in [-0.05, 0) is 32.7 Å². The van der Waals surface area contributed by atoms with E-state index in [1.54, 1.807) is 0 Å². The van der Waals surface area contributed by atoms with Gasteiger partial charge in [-0.3, -0.25) is 9.58 Å². The summed E-state index contributed by atoms with van der Waals surface area (Å²) in [5.74, 6) is 0.176. The average Bonchev–Trinajstić information content (AvgIpc) is 3.22. The maximum atomic E-state index is 10.9. The first-order valence-electron chi connectivity index (χ1n) is 9.67. The monoisotopic (exact) mass is 355 g/mol. The maximum Gasteiger partial charge on any atom is 0.0968 e. The third kappa shape index (κ3) is 3.43. The maximum absolute atomic E-state index is 10.9. The molecule has 140 valence electrons. The fourth-order valence-electron chi connectivity index (χ4n) is 4.59. The van der Waals surface area contributed by atoms with E-state index in [-0.39, 0.29) is 5.92 Å². The van der Waals surface area contributed by atoms with Gasteiger partial charge < -0.3 is 9.84 Å². The minimum atomic E-state index is -0.636. The summed E-state index contributed by atoms with van der Waals surface area (Å²) in [5.41, 5.74) is 2.84. The summed E-state index contributed by atoms with van der Waals surface area (Å²) in [5, 5.41) is 15.6. The van der Waals surface area contributed by atoms with Crippen LogP contribution in [0.1, 0.15) is 31.7 Å². The molecule has 2 saturated heterocycles. The van der Waals surface area contributed by atoms with E-state index in [0.717, 1.165) is 37.2 Å². The fraction of sp³-hybridized carbons (Fsp3) is 0.571. The molecule has 26 heavy (non-hydrogen) atoms. The first-order valence-corrected chi connectivity index (χ1v) is 9.67. The van der Waals surface area contributed by atoms with Gasteiger partial charge in [-0.25, -0.2) is 0 Å². The number of aromatic nitrogens is 2. The Balaban J connectivity index is 1.57. The van der Waals surface area contributed by atoms with Crippen molar-refractivity contribution in [1.29, 1.82) is 0 Å². The highest BCUT2D eigenvalue weighted by Gasteiger charge is 2.44. The van der Waals surface area contributed by atoms with Crippen LogP contribution < -0.4 is 0 Å². The normalized spacial score (nSPS) is 30.0. The summed E-state index contributed by atoms with van der Waals surface area (Å²) in [4.78, 5) is 2.53. The number of rotatable bonds is 4. The van der Waals surface area contributed by atoms with Crippen LogP contribution in [-0.4, -0.2) is 51.2 Å². The van der Waals surface area contributed by atoms with Gasteiger partial charge in [0.15, 0.2) is 0 Å². The van der Waals surface area contributed by atoms with Gasteiger partial charge in [0.05, 0.1) is 17.9 Å². The fourth-order valence-corrected chi connectivity index (χ4v) is 4.59. The Morgan fingerprint density at radius 3 is 2.88 bits per heavy atom. The van der Waals surface area contributed by atoms with Crippen molar-refractivity contribution in [3.05, 3.63) is 42.1 Å². The first-order chi connectivity index (χ1) is 12.5. The lowest BCUT2D eigenvalue weighted by Gasteiger charge is -2.43. The van der Waals surface area contributed by atoms with E-state index in [1.807, 2.05) is 24.7 Å². The van der Waals surface area contributed by atoms with E-state index in [4.69, 9.17) is 9.84 Å². The molecule has 2 aromatic rings. The van der Waals surface area contributed by atoms with Crippen LogP contribution in [0.25, 0.3) is 11.3 Å². The highest BCUT2D eigenvalue weighted by atomic mass is 16.5. The number of ether oxygens (including phenoxy) is 1. The zero-order valence-electron chi connectivity index (χ0n) is 15.8. The molecule has 1 aromatic carbocycles. The minimum absolute atomic E-state index is 0.176. The molecule has 0 spiro atoms. The first kappa shape index (κ1) is 17.7. The zero-order valence-corrected chi connectivity index (χ0v) is 15.8. The lowest BCUT2D eigenvalue weighted by atomic mass is 9.79. The third-order valence-electron chi connectivity index (χ3n) is 6.05. The lowest BCUT2D eigenvalue weighted by Crippen LogP contribution is -2.52. The van der Waals surface area contributed by atoms with Crippen LogP contribution in [-0.2, 0) is 18.3 Å². The second-order valence-electron chi connectivity index (χ2n) is 8.01. The van der Waals surface area contributed by atoms with Crippen molar-refractivity contribution in [2.45, 2.75) is 44.4 Å².